The van der Waals surface area contributed by atoms with E-state index >= 15 is 0 Å². The lowest BCUT2D eigenvalue weighted by Crippen LogP contribution is -2.34. The second-order valence-corrected chi connectivity index (χ2v) is 5.34. The number of nitrogens with two attached hydrogens (primary N) is 1. The van der Waals surface area contributed by atoms with Gasteiger partial charge in [-0.25, -0.2) is 0 Å². The van der Waals surface area contributed by atoms with Crippen LogP contribution in [0.4, 0.5) is 5.69 Å². The Morgan fingerprint density at radius 3 is 2.47 bits per heavy atom. The van der Waals surface area contributed by atoms with Gasteiger partial charge in [0.15, 0.2) is 0 Å². The number of hydrogen-bond acceptors (Lipinski definition) is 3. The van der Waals surface area contributed by atoms with Crippen LogP contribution in [0.25, 0.3) is 0 Å². The first kappa shape index (κ1) is 13.9. The minimum Gasteiger partial charge on any atom is -0.349 e. The van der Waals surface area contributed by atoms with E-state index in [1.165, 1.54) is 25.7 Å². The Balaban J connectivity index is 2.02. The van der Waals surface area contributed by atoms with Crippen LogP contribution in [0.1, 0.15) is 54.4 Å². The normalized spacial score (nSPS) is 16.7. The van der Waals surface area contributed by atoms with Crippen LogP contribution in [0.15, 0.2) is 18.2 Å². The summed E-state index contributed by atoms with van der Waals surface area (Å²) in [5.74, 6) is 5.40. The third-order valence-corrected chi connectivity index (χ3v) is 3.83. The number of hydrazine groups is 1. The van der Waals surface area contributed by atoms with E-state index < -0.39 is 0 Å². The van der Waals surface area contributed by atoms with Crippen LogP contribution >= 0.6 is 0 Å². The molecule has 4 nitrogen and oxygen atoms in total. The Morgan fingerprint density at radius 2 is 1.89 bits per heavy atom. The molecule has 104 valence electrons. The molecular formula is C15H23N3O. The number of benzene rings is 1. The summed E-state index contributed by atoms with van der Waals surface area (Å²) in [6.07, 6.45) is 7.24. The summed E-state index contributed by atoms with van der Waals surface area (Å²) in [7, 11) is 0. The van der Waals surface area contributed by atoms with Crippen LogP contribution in [-0.2, 0) is 0 Å². The maximum Gasteiger partial charge on any atom is 0.251 e. The molecule has 1 aromatic rings. The number of carbonyl (C=O) groups excluding carboxylic acids is 1. The molecule has 0 atom stereocenters. The second-order valence-electron chi connectivity index (χ2n) is 5.34. The molecule has 0 radical (unpaired) electrons. The third-order valence-electron chi connectivity index (χ3n) is 3.83. The van der Waals surface area contributed by atoms with Crippen molar-refractivity contribution in [2.45, 2.75) is 51.5 Å². The molecule has 1 aliphatic carbocycles. The van der Waals surface area contributed by atoms with Crippen LogP contribution in [0.5, 0.6) is 0 Å². The Bertz CT molecular complexity index is 437. The molecule has 4 heteroatoms. The summed E-state index contributed by atoms with van der Waals surface area (Å²) in [4.78, 5) is 12.3. The molecule has 2 rings (SSSR count). The minimum atomic E-state index is 0.0352. The second kappa shape index (κ2) is 6.57. The van der Waals surface area contributed by atoms with Crippen LogP contribution < -0.4 is 16.6 Å². The van der Waals surface area contributed by atoms with Gasteiger partial charge in [-0.15, -0.1) is 0 Å². The van der Waals surface area contributed by atoms with Gasteiger partial charge in [-0.2, -0.15) is 0 Å². The zero-order chi connectivity index (χ0) is 13.7. The van der Waals surface area contributed by atoms with Gasteiger partial charge in [0.1, 0.15) is 0 Å². The van der Waals surface area contributed by atoms with Crippen molar-refractivity contribution in [2.24, 2.45) is 5.84 Å². The predicted molar refractivity (Wildman–Crippen MR) is 77.9 cm³/mol. The van der Waals surface area contributed by atoms with Gasteiger partial charge < -0.3 is 10.7 Å². The van der Waals surface area contributed by atoms with Gasteiger partial charge in [-0.05, 0) is 43.5 Å². The fourth-order valence-corrected chi connectivity index (χ4v) is 2.70. The fraction of sp³-hybridized carbons (Fsp3) is 0.533. The van der Waals surface area contributed by atoms with Gasteiger partial charge in [0.2, 0.25) is 0 Å². The van der Waals surface area contributed by atoms with E-state index in [0.717, 1.165) is 29.7 Å². The molecular weight excluding hydrogens is 238 g/mol. The molecule has 0 saturated heterocycles. The number of amides is 1. The molecule has 19 heavy (non-hydrogen) atoms. The highest BCUT2D eigenvalue weighted by Gasteiger charge is 2.16. The number of carbonyl (C=O) groups is 1. The molecule has 1 aliphatic rings. The standard InChI is InChI=1S/C15H23N3O/c1-11-10-13(18-16)8-9-14(11)15(19)17-12-6-4-2-3-5-7-12/h8-10,12,18H,2-7,16H2,1H3,(H,17,19). The summed E-state index contributed by atoms with van der Waals surface area (Å²) in [5, 5.41) is 3.16. The topological polar surface area (TPSA) is 67.1 Å². The Labute approximate surface area is 114 Å². The van der Waals surface area contributed by atoms with Gasteiger partial charge in [0, 0.05) is 17.3 Å². The van der Waals surface area contributed by atoms with Gasteiger partial charge >= 0.3 is 0 Å². The summed E-state index contributed by atoms with van der Waals surface area (Å²) < 4.78 is 0. The van der Waals surface area contributed by atoms with Crippen molar-refractivity contribution in [1.29, 1.82) is 0 Å². The molecule has 0 bridgehead atoms. The highest BCUT2D eigenvalue weighted by atomic mass is 16.1. The summed E-state index contributed by atoms with van der Waals surface area (Å²) in [6.45, 7) is 1.93. The summed E-state index contributed by atoms with van der Waals surface area (Å²) >= 11 is 0. The van der Waals surface area contributed by atoms with Crippen molar-refractivity contribution in [1.82, 2.24) is 5.32 Å². The summed E-state index contributed by atoms with van der Waals surface area (Å²) in [5.41, 5.74) is 5.10. The van der Waals surface area contributed by atoms with Crippen molar-refractivity contribution in [3.8, 4) is 0 Å². The highest BCUT2D eigenvalue weighted by molar-refractivity contribution is 5.96. The molecule has 0 aliphatic heterocycles. The zero-order valence-electron chi connectivity index (χ0n) is 11.5. The molecule has 0 aromatic heterocycles. The summed E-state index contributed by atoms with van der Waals surface area (Å²) in [6, 6.07) is 5.88. The van der Waals surface area contributed by atoms with Crippen molar-refractivity contribution >= 4 is 11.6 Å². The highest BCUT2D eigenvalue weighted by Crippen LogP contribution is 2.19. The first-order valence-corrected chi connectivity index (χ1v) is 7.09. The van der Waals surface area contributed by atoms with Crippen molar-refractivity contribution in [2.75, 3.05) is 5.43 Å². The Hall–Kier alpha value is -1.55. The van der Waals surface area contributed by atoms with E-state index in [1.807, 2.05) is 25.1 Å². The van der Waals surface area contributed by atoms with Gasteiger partial charge in [-0.3, -0.25) is 10.6 Å². The number of nitrogen functional groups attached to an aromatic ring is 1. The molecule has 1 fully saturated rings. The van der Waals surface area contributed by atoms with Crippen LogP contribution in [0.3, 0.4) is 0 Å². The minimum absolute atomic E-state index is 0.0352. The van der Waals surface area contributed by atoms with Crippen molar-refractivity contribution < 1.29 is 4.79 Å². The lowest BCUT2D eigenvalue weighted by Gasteiger charge is -2.17. The quantitative estimate of drug-likeness (QED) is 0.445. The van der Waals surface area contributed by atoms with Gasteiger partial charge in [-0.1, -0.05) is 25.7 Å². The molecule has 0 unspecified atom stereocenters. The SMILES string of the molecule is Cc1cc(NN)ccc1C(=O)NC1CCCCCC1. The monoisotopic (exact) mass is 261 g/mol. The largest absolute Gasteiger partial charge is 0.349 e. The van der Waals surface area contributed by atoms with E-state index in [1.54, 1.807) is 0 Å². The number of nitrogens with one attached hydrogen (secondary N) is 2. The molecule has 1 amide bonds. The third kappa shape index (κ3) is 3.70. The Morgan fingerprint density at radius 1 is 1.21 bits per heavy atom. The molecule has 4 N–H and O–H groups in total. The maximum atomic E-state index is 12.3. The lowest BCUT2D eigenvalue weighted by atomic mass is 10.0. The molecule has 1 aromatic carbocycles. The van der Waals surface area contributed by atoms with Crippen LogP contribution in [0.2, 0.25) is 0 Å². The smallest absolute Gasteiger partial charge is 0.251 e. The van der Waals surface area contributed by atoms with E-state index in [2.05, 4.69) is 10.7 Å². The average Bonchev–Trinajstić information content (AvgIpc) is 2.67. The van der Waals surface area contributed by atoms with E-state index in [9.17, 15) is 4.79 Å². The number of anilines is 1. The molecule has 1 saturated carbocycles. The predicted octanol–water partition coefficient (Wildman–Crippen LogP) is 2.73. The van der Waals surface area contributed by atoms with Crippen LogP contribution in [0, 0.1) is 6.92 Å². The fourth-order valence-electron chi connectivity index (χ4n) is 2.70. The first-order chi connectivity index (χ1) is 9.20. The average molecular weight is 261 g/mol. The van der Waals surface area contributed by atoms with E-state index in [-0.39, 0.29) is 5.91 Å². The maximum absolute atomic E-state index is 12.3. The zero-order valence-corrected chi connectivity index (χ0v) is 11.5. The first-order valence-electron chi connectivity index (χ1n) is 7.09. The number of aryl methyl sites for hydroxylation is 1. The van der Waals surface area contributed by atoms with Crippen LogP contribution in [-0.4, -0.2) is 11.9 Å². The molecule has 0 heterocycles. The van der Waals surface area contributed by atoms with Crippen molar-refractivity contribution in [3.63, 3.8) is 0 Å². The van der Waals surface area contributed by atoms with Gasteiger partial charge in [0.25, 0.3) is 5.91 Å². The molecule has 0 spiro atoms. The number of hydrogen-bond donors (Lipinski definition) is 3. The van der Waals surface area contributed by atoms with E-state index in [0.29, 0.717) is 6.04 Å². The van der Waals surface area contributed by atoms with E-state index in [4.69, 9.17) is 5.84 Å². The number of rotatable bonds is 3. The lowest BCUT2D eigenvalue weighted by molar-refractivity contribution is 0.0933. The van der Waals surface area contributed by atoms with Gasteiger partial charge in [0.05, 0.1) is 0 Å². The Kier molecular flexibility index (Phi) is 4.80. The van der Waals surface area contributed by atoms with Crippen molar-refractivity contribution in [3.05, 3.63) is 29.3 Å².